The van der Waals surface area contributed by atoms with Crippen molar-refractivity contribution in [2.75, 3.05) is 33.1 Å². The third-order valence-corrected chi connectivity index (χ3v) is 6.06. The van der Waals surface area contributed by atoms with E-state index in [-0.39, 0.29) is 29.4 Å². The van der Waals surface area contributed by atoms with Gasteiger partial charge in [0.25, 0.3) is 0 Å². The van der Waals surface area contributed by atoms with Gasteiger partial charge in [-0.05, 0) is 24.1 Å². The highest BCUT2D eigenvalue weighted by Crippen LogP contribution is 2.18. The largest absolute Gasteiger partial charge is 0.508 e. The molecular weight excluding hydrogens is 332 g/mol. The van der Waals surface area contributed by atoms with Crippen LogP contribution < -0.4 is 5.32 Å². The summed E-state index contributed by atoms with van der Waals surface area (Å²) in [6.45, 7) is 0.661. The number of nitrogens with one attached hydrogen (secondary N) is 1. The summed E-state index contributed by atoms with van der Waals surface area (Å²) >= 11 is 0. The van der Waals surface area contributed by atoms with E-state index in [0.29, 0.717) is 26.1 Å². The van der Waals surface area contributed by atoms with E-state index in [1.807, 2.05) is 0 Å². The molecule has 24 heavy (non-hydrogen) atoms. The Morgan fingerprint density at radius 1 is 1.29 bits per heavy atom. The van der Waals surface area contributed by atoms with Crippen molar-refractivity contribution in [2.24, 2.45) is 5.92 Å². The minimum absolute atomic E-state index is 0.0388. The summed E-state index contributed by atoms with van der Waals surface area (Å²) in [6.07, 6.45) is 0.856. The number of rotatable bonds is 7. The van der Waals surface area contributed by atoms with Crippen molar-refractivity contribution in [3.05, 3.63) is 29.8 Å². The lowest BCUT2D eigenvalue weighted by Gasteiger charge is -2.21. The minimum Gasteiger partial charge on any atom is -0.508 e. The molecule has 0 aromatic heterocycles. The van der Waals surface area contributed by atoms with Crippen LogP contribution in [0.15, 0.2) is 24.3 Å². The summed E-state index contributed by atoms with van der Waals surface area (Å²) < 4.78 is 30.5. The lowest BCUT2D eigenvalue weighted by molar-refractivity contribution is -0.121. The van der Waals surface area contributed by atoms with Gasteiger partial charge >= 0.3 is 0 Å². The molecule has 0 saturated carbocycles. The average molecular weight is 356 g/mol. The van der Waals surface area contributed by atoms with Crippen LogP contribution in [0.1, 0.15) is 12.0 Å². The van der Waals surface area contributed by atoms with Gasteiger partial charge in [0.15, 0.2) is 0 Å². The maximum Gasteiger partial charge on any atom is 0.220 e. The van der Waals surface area contributed by atoms with Crippen LogP contribution in [-0.2, 0) is 26.0 Å². The molecule has 0 radical (unpaired) electrons. The quantitative estimate of drug-likeness (QED) is 0.735. The maximum atomic E-state index is 12.1. The summed E-state index contributed by atoms with van der Waals surface area (Å²) in [4.78, 5) is 12.1. The molecule has 0 bridgehead atoms. The summed E-state index contributed by atoms with van der Waals surface area (Å²) in [6, 6.07) is 6.43. The average Bonchev–Trinajstić information content (AvgIpc) is 2.93. The molecular formula is C16H24N2O5S. The predicted octanol–water partition coefficient (Wildman–Crippen LogP) is 0.347. The van der Waals surface area contributed by atoms with Gasteiger partial charge in [-0.2, -0.15) is 0 Å². The molecule has 134 valence electrons. The fourth-order valence-electron chi connectivity index (χ4n) is 2.54. The zero-order valence-corrected chi connectivity index (χ0v) is 14.8. The molecule has 1 amide bonds. The van der Waals surface area contributed by atoms with Crippen LogP contribution >= 0.6 is 0 Å². The lowest BCUT2D eigenvalue weighted by atomic mass is 10.1. The third-order valence-electron chi connectivity index (χ3n) is 4.10. The van der Waals surface area contributed by atoms with Crippen LogP contribution in [0.3, 0.4) is 0 Å². The number of nitrogens with zero attached hydrogens (tertiary/aromatic N) is 1. The number of ether oxygens (including phenoxy) is 1. The van der Waals surface area contributed by atoms with Crippen LogP contribution in [0.5, 0.6) is 5.75 Å². The van der Waals surface area contributed by atoms with Crippen molar-refractivity contribution in [1.29, 1.82) is 0 Å². The number of carbonyl (C=O) groups is 1. The highest BCUT2D eigenvalue weighted by molar-refractivity contribution is 7.89. The highest BCUT2D eigenvalue weighted by atomic mass is 32.2. The molecule has 0 unspecified atom stereocenters. The van der Waals surface area contributed by atoms with Crippen molar-refractivity contribution >= 4 is 15.9 Å². The van der Waals surface area contributed by atoms with Crippen LogP contribution in [-0.4, -0.2) is 62.8 Å². The van der Waals surface area contributed by atoms with Crippen molar-refractivity contribution < 1.29 is 23.1 Å². The minimum atomic E-state index is -3.33. The van der Waals surface area contributed by atoms with E-state index in [9.17, 15) is 18.3 Å². The van der Waals surface area contributed by atoms with Gasteiger partial charge in [0.1, 0.15) is 5.75 Å². The number of aryl methyl sites for hydroxylation is 1. The van der Waals surface area contributed by atoms with Crippen LogP contribution in [0.25, 0.3) is 0 Å². The monoisotopic (exact) mass is 356 g/mol. The van der Waals surface area contributed by atoms with Crippen molar-refractivity contribution in [3.8, 4) is 5.75 Å². The molecule has 8 heteroatoms. The molecule has 1 aliphatic rings. The van der Waals surface area contributed by atoms with Crippen molar-refractivity contribution in [3.63, 3.8) is 0 Å². The Kier molecular flexibility index (Phi) is 6.20. The van der Waals surface area contributed by atoms with E-state index in [4.69, 9.17) is 4.74 Å². The Bertz CT molecular complexity index is 658. The number of carbonyl (C=O) groups excluding carboxylic acids is 1. The fourth-order valence-corrected chi connectivity index (χ4v) is 3.71. The first-order chi connectivity index (χ1) is 11.3. The zero-order valence-electron chi connectivity index (χ0n) is 13.9. The van der Waals surface area contributed by atoms with Gasteiger partial charge in [-0.1, -0.05) is 12.1 Å². The first-order valence-electron chi connectivity index (χ1n) is 7.83. The van der Waals surface area contributed by atoms with Gasteiger partial charge in [0, 0.05) is 26.4 Å². The van der Waals surface area contributed by atoms with Gasteiger partial charge in [-0.3, -0.25) is 4.79 Å². The summed E-state index contributed by atoms with van der Waals surface area (Å²) in [7, 11) is -0.339. The summed E-state index contributed by atoms with van der Waals surface area (Å²) in [5, 5.41) is 12.1. The number of hydrogen-bond acceptors (Lipinski definition) is 5. The van der Waals surface area contributed by atoms with E-state index in [1.54, 1.807) is 24.3 Å². The van der Waals surface area contributed by atoms with E-state index >= 15 is 0 Å². The molecule has 0 aliphatic carbocycles. The molecule has 2 atom stereocenters. The number of benzene rings is 1. The van der Waals surface area contributed by atoms with Gasteiger partial charge in [0.2, 0.25) is 15.9 Å². The smallest absolute Gasteiger partial charge is 0.220 e. The van der Waals surface area contributed by atoms with Crippen LogP contribution in [0.4, 0.5) is 0 Å². The van der Waals surface area contributed by atoms with Gasteiger partial charge in [-0.25, -0.2) is 12.7 Å². The highest BCUT2D eigenvalue weighted by Gasteiger charge is 2.33. The molecule has 2 N–H and O–H groups in total. The Morgan fingerprint density at radius 2 is 1.96 bits per heavy atom. The van der Waals surface area contributed by atoms with E-state index in [1.165, 1.54) is 18.4 Å². The van der Waals surface area contributed by atoms with Gasteiger partial charge in [0.05, 0.1) is 25.0 Å². The molecule has 0 spiro atoms. The number of phenolic OH excluding ortho intramolecular Hbond substituents is 1. The Hall–Kier alpha value is -1.64. The molecule has 1 heterocycles. The van der Waals surface area contributed by atoms with E-state index in [2.05, 4.69) is 5.32 Å². The number of phenols is 1. The molecule has 1 aromatic carbocycles. The maximum absolute atomic E-state index is 12.1. The van der Waals surface area contributed by atoms with E-state index in [0.717, 1.165) is 5.56 Å². The number of hydrogen-bond donors (Lipinski definition) is 2. The molecule has 1 fully saturated rings. The fraction of sp³-hybridized carbons (Fsp3) is 0.562. The Labute approximate surface area is 142 Å². The van der Waals surface area contributed by atoms with Crippen molar-refractivity contribution in [2.45, 2.75) is 18.9 Å². The molecule has 1 aromatic rings. The second-order valence-electron chi connectivity index (χ2n) is 6.20. The van der Waals surface area contributed by atoms with Gasteiger partial charge in [-0.15, -0.1) is 0 Å². The molecule has 1 saturated heterocycles. The number of amides is 1. The third kappa shape index (κ3) is 5.19. The molecule has 2 rings (SSSR count). The normalized spacial score (nSPS) is 21.1. The van der Waals surface area contributed by atoms with E-state index < -0.39 is 10.0 Å². The van der Waals surface area contributed by atoms with Crippen LogP contribution in [0.2, 0.25) is 0 Å². The predicted molar refractivity (Wildman–Crippen MR) is 90.1 cm³/mol. The second-order valence-corrected chi connectivity index (χ2v) is 8.43. The van der Waals surface area contributed by atoms with Gasteiger partial charge < -0.3 is 15.2 Å². The summed E-state index contributed by atoms with van der Waals surface area (Å²) in [5.74, 6) is -0.222. The number of aromatic hydroxyl groups is 1. The first-order valence-corrected chi connectivity index (χ1v) is 9.44. The Balaban J connectivity index is 1.85. The lowest BCUT2D eigenvalue weighted by Crippen LogP contribution is -2.43. The molecule has 1 aliphatic heterocycles. The SMILES string of the molecule is CN(C)S(=O)(=O)C[C@@H]1COC[C@@H]1NC(=O)CCc1ccc(O)cc1. The first kappa shape index (κ1) is 18.7. The summed E-state index contributed by atoms with van der Waals surface area (Å²) in [5.41, 5.74) is 0.956. The zero-order chi connectivity index (χ0) is 17.7. The topological polar surface area (TPSA) is 95.9 Å². The second kappa shape index (κ2) is 7.96. The Morgan fingerprint density at radius 3 is 2.58 bits per heavy atom. The van der Waals surface area contributed by atoms with Crippen LogP contribution in [0, 0.1) is 5.92 Å². The number of sulfonamides is 1. The molecule has 7 nitrogen and oxygen atoms in total. The standard InChI is InChI=1S/C16H24N2O5S/c1-18(2)24(21,22)11-13-9-23-10-15(13)17-16(20)8-5-12-3-6-14(19)7-4-12/h3-4,6-7,13,15,19H,5,8-11H2,1-2H3,(H,17,20)/t13-,15-/m0/s1. The van der Waals surface area contributed by atoms with Crippen molar-refractivity contribution in [1.82, 2.24) is 9.62 Å².